The summed E-state index contributed by atoms with van der Waals surface area (Å²) in [6.07, 6.45) is 2.62. The van der Waals surface area contributed by atoms with Crippen LogP contribution < -0.4 is 10.1 Å². The fourth-order valence-corrected chi connectivity index (χ4v) is 4.73. The van der Waals surface area contributed by atoms with Crippen LogP contribution in [0.15, 0.2) is 91.1 Å². The molecule has 0 radical (unpaired) electrons. The Balaban J connectivity index is 1.27. The molecule has 0 aliphatic carbocycles. The molecule has 0 bridgehead atoms. The van der Waals surface area contributed by atoms with Gasteiger partial charge in [-0.2, -0.15) is 5.10 Å². The van der Waals surface area contributed by atoms with Crippen LogP contribution in [0.4, 0.5) is 10.5 Å². The normalized spacial score (nSPS) is 12.7. The van der Waals surface area contributed by atoms with Crippen molar-refractivity contribution in [1.29, 1.82) is 0 Å². The summed E-state index contributed by atoms with van der Waals surface area (Å²) in [5, 5.41) is 16.7. The van der Waals surface area contributed by atoms with E-state index in [0.717, 1.165) is 45.3 Å². The first kappa shape index (κ1) is 23.5. The molecule has 2 amide bonds. The van der Waals surface area contributed by atoms with Crippen molar-refractivity contribution in [2.45, 2.75) is 19.5 Å². The van der Waals surface area contributed by atoms with E-state index in [1.54, 1.807) is 11.8 Å². The van der Waals surface area contributed by atoms with Crippen molar-refractivity contribution in [3.05, 3.63) is 108 Å². The van der Waals surface area contributed by atoms with Crippen molar-refractivity contribution in [2.75, 3.05) is 19.0 Å². The Kier molecular flexibility index (Phi) is 6.31. The van der Waals surface area contributed by atoms with Gasteiger partial charge >= 0.3 is 6.03 Å². The van der Waals surface area contributed by atoms with Crippen molar-refractivity contribution >= 4 is 11.7 Å². The molecule has 3 aromatic carbocycles. The van der Waals surface area contributed by atoms with Gasteiger partial charge in [0.1, 0.15) is 11.4 Å². The molecule has 9 nitrogen and oxygen atoms in total. The highest BCUT2D eigenvalue weighted by Crippen LogP contribution is 2.31. The minimum Gasteiger partial charge on any atom is -0.497 e. The average Bonchev–Trinajstić information content (AvgIpc) is 3.59. The van der Waals surface area contributed by atoms with Gasteiger partial charge in [0, 0.05) is 35.5 Å². The van der Waals surface area contributed by atoms with Crippen molar-refractivity contribution in [1.82, 2.24) is 29.7 Å². The minimum absolute atomic E-state index is 0.115. The number of rotatable bonds is 6. The number of fused-ring (bicyclic) bond motifs is 1. The molecule has 38 heavy (non-hydrogen) atoms. The maximum Gasteiger partial charge on any atom is 0.322 e. The van der Waals surface area contributed by atoms with E-state index < -0.39 is 0 Å². The van der Waals surface area contributed by atoms with E-state index in [4.69, 9.17) is 9.84 Å². The van der Waals surface area contributed by atoms with Crippen LogP contribution in [0.2, 0.25) is 0 Å². The summed E-state index contributed by atoms with van der Waals surface area (Å²) in [5.74, 6) is 0.789. The van der Waals surface area contributed by atoms with E-state index >= 15 is 0 Å². The van der Waals surface area contributed by atoms with Gasteiger partial charge < -0.3 is 15.0 Å². The molecule has 0 fully saturated rings. The molecule has 0 saturated heterocycles. The fourth-order valence-electron chi connectivity index (χ4n) is 4.73. The lowest BCUT2D eigenvalue weighted by Gasteiger charge is -2.28. The molecule has 190 valence electrons. The maximum atomic E-state index is 13.1. The van der Waals surface area contributed by atoms with Crippen LogP contribution in [0.5, 0.6) is 5.75 Å². The summed E-state index contributed by atoms with van der Waals surface area (Å²) >= 11 is 0. The Morgan fingerprint density at radius 3 is 2.45 bits per heavy atom. The Hall–Kier alpha value is -4.92. The molecule has 5 aromatic rings. The number of para-hydroxylation sites is 1. The molecule has 6 rings (SSSR count). The first-order valence-corrected chi connectivity index (χ1v) is 12.5. The number of nitrogens with zero attached hydrogens (tertiary/aromatic N) is 6. The molecule has 1 aliphatic rings. The first-order chi connectivity index (χ1) is 18.7. The lowest BCUT2D eigenvalue weighted by Crippen LogP contribution is -2.39. The summed E-state index contributed by atoms with van der Waals surface area (Å²) in [6.45, 7) is 1.57. The molecule has 1 N–H and O–H groups in total. The molecular weight excluding hydrogens is 478 g/mol. The second-order valence-electron chi connectivity index (χ2n) is 9.12. The fraction of sp³-hybridized carbons (Fsp3) is 0.172. The van der Waals surface area contributed by atoms with E-state index in [0.29, 0.717) is 26.1 Å². The van der Waals surface area contributed by atoms with Crippen LogP contribution in [0.1, 0.15) is 17.0 Å². The van der Waals surface area contributed by atoms with Gasteiger partial charge in [-0.05, 0) is 36.4 Å². The highest BCUT2D eigenvalue weighted by Gasteiger charge is 2.28. The van der Waals surface area contributed by atoms with Crippen LogP contribution in [0.3, 0.4) is 0 Å². The second kappa shape index (κ2) is 10.2. The number of ether oxygens (including phenoxy) is 1. The van der Waals surface area contributed by atoms with Crippen LogP contribution in [0, 0.1) is 0 Å². The van der Waals surface area contributed by atoms with Gasteiger partial charge in [0.05, 0.1) is 37.8 Å². The molecule has 0 spiro atoms. The molecule has 9 heteroatoms. The van der Waals surface area contributed by atoms with Gasteiger partial charge in [0.25, 0.3) is 0 Å². The predicted octanol–water partition coefficient (Wildman–Crippen LogP) is 4.78. The average molecular weight is 506 g/mol. The van der Waals surface area contributed by atoms with Crippen molar-refractivity contribution < 1.29 is 9.53 Å². The monoisotopic (exact) mass is 505 g/mol. The summed E-state index contributed by atoms with van der Waals surface area (Å²) < 4.78 is 9.00. The van der Waals surface area contributed by atoms with Crippen molar-refractivity contribution in [2.24, 2.45) is 0 Å². The molecule has 0 unspecified atom stereocenters. The molecule has 0 atom stereocenters. The number of benzene rings is 3. The largest absolute Gasteiger partial charge is 0.497 e. The SMILES string of the molecule is COc1ccc(-n2cc(Cn3nc(-c4ccccc4)c4c3CCN(C(=O)Nc3ccccc3)C4)nn2)cc1. The standard InChI is InChI=1S/C29H27N7O2/c1-38-25-14-12-24(13-15-25)35-18-23(31-33-35)19-36-27-16-17-34(29(37)30-22-10-6-3-7-11-22)20-26(27)28(32-36)21-8-4-2-5-9-21/h2-15,18H,16-17,19-20H2,1H3,(H,30,37). The highest BCUT2D eigenvalue weighted by atomic mass is 16.5. The van der Waals surface area contributed by atoms with E-state index in [1.807, 2.05) is 88.6 Å². The molecular formula is C29H27N7O2. The van der Waals surface area contributed by atoms with Crippen LogP contribution in [0.25, 0.3) is 16.9 Å². The first-order valence-electron chi connectivity index (χ1n) is 12.5. The Morgan fingerprint density at radius 1 is 0.974 bits per heavy atom. The Bertz CT molecular complexity index is 1540. The van der Waals surface area contributed by atoms with Crippen LogP contribution >= 0.6 is 0 Å². The van der Waals surface area contributed by atoms with Gasteiger partial charge in [-0.15, -0.1) is 5.10 Å². The third kappa shape index (κ3) is 4.73. The lowest BCUT2D eigenvalue weighted by molar-refractivity contribution is 0.206. The van der Waals surface area contributed by atoms with Gasteiger partial charge in [-0.1, -0.05) is 53.7 Å². The number of hydrogen-bond donors (Lipinski definition) is 1. The van der Waals surface area contributed by atoms with Gasteiger partial charge in [-0.3, -0.25) is 4.68 Å². The van der Waals surface area contributed by atoms with E-state index in [9.17, 15) is 4.79 Å². The molecule has 2 aromatic heterocycles. The third-order valence-corrected chi connectivity index (χ3v) is 6.68. The summed E-state index contributed by atoms with van der Waals surface area (Å²) in [7, 11) is 1.64. The molecule has 0 saturated carbocycles. The van der Waals surface area contributed by atoms with Gasteiger partial charge in [-0.25, -0.2) is 9.48 Å². The number of nitrogens with one attached hydrogen (secondary N) is 1. The number of carbonyl (C=O) groups excluding carboxylic acids is 1. The van der Waals surface area contributed by atoms with E-state index in [2.05, 4.69) is 27.8 Å². The Labute approximate surface area is 220 Å². The van der Waals surface area contributed by atoms with Crippen molar-refractivity contribution in [3.8, 4) is 22.7 Å². The molecule has 3 heterocycles. The smallest absolute Gasteiger partial charge is 0.322 e. The Morgan fingerprint density at radius 2 is 1.71 bits per heavy atom. The maximum absolute atomic E-state index is 13.1. The molecule has 1 aliphatic heterocycles. The topological polar surface area (TPSA) is 90.1 Å². The number of amides is 2. The zero-order valence-electron chi connectivity index (χ0n) is 21.0. The minimum atomic E-state index is -0.115. The van der Waals surface area contributed by atoms with Crippen molar-refractivity contribution in [3.63, 3.8) is 0 Å². The zero-order valence-corrected chi connectivity index (χ0v) is 21.0. The number of carbonyl (C=O) groups is 1. The predicted molar refractivity (Wildman–Crippen MR) is 144 cm³/mol. The number of aromatic nitrogens is 5. The number of methoxy groups -OCH3 is 1. The number of urea groups is 1. The quantitative estimate of drug-likeness (QED) is 0.359. The number of hydrogen-bond acceptors (Lipinski definition) is 5. The summed E-state index contributed by atoms with van der Waals surface area (Å²) in [5.41, 5.74) is 6.57. The lowest BCUT2D eigenvalue weighted by atomic mass is 10.0. The zero-order chi connectivity index (χ0) is 25.9. The van der Waals surface area contributed by atoms with Gasteiger partial charge in [0.2, 0.25) is 0 Å². The summed E-state index contributed by atoms with van der Waals surface area (Å²) in [4.78, 5) is 14.9. The van der Waals surface area contributed by atoms with Gasteiger partial charge in [0.15, 0.2) is 0 Å². The van der Waals surface area contributed by atoms with E-state index in [1.165, 1.54) is 0 Å². The highest BCUT2D eigenvalue weighted by molar-refractivity contribution is 5.89. The number of anilines is 1. The van der Waals surface area contributed by atoms with Crippen LogP contribution in [-0.2, 0) is 19.5 Å². The second-order valence-corrected chi connectivity index (χ2v) is 9.12. The van der Waals surface area contributed by atoms with Crippen LogP contribution in [-0.4, -0.2) is 49.4 Å². The van der Waals surface area contributed by atoms with E-state index in [-0.39, 0.29) is 6.03 Å². The third-order valence-electron chi connectivity index (χ3n) is 6.68. The summed E-state index contributed by atoms with van der Waals surface area (Å²) in [6, 6.07) is 27.2.